The average Bonchev–Trinajstić information content (AvgIpc) is 2.43. The van der Waals surface area contributed by atoms with Crippen LogP contribution in [0.4, 0.5) is 9.59 Å². The van der Waals surface area contributed by atoms with Crippen LogP contribution < -0.4 is 5.73 Å². The van der Waals surface area contributed by atoms with Gasteiger partial charge in [0, 0.05) is 23.7 Å². The first-order valence-corrected chi connectivity index (χ1v) is 8.53. The second kappa shape index (κ2) is 6.97. The van der Waals surface area contributed by atoms with Gasteiger partial charge in [-0.15, -0.1) is 0 Å². The van der Waals surface area contributed by atoms with Gasteiger partial charge in [-0.05, 0) is 47.6 Å². The molecule has 0 aromatic heterocycles. The van der Waals surface area contributed by atoms with Gasteiger partial charge in [-0.2, -0.15) is 4.90 Å². The second-order valence-electron chi connectivity index (χ2n) is 8.25. The lowest BCUT2D eigenvalue weighted by atomic mass is 9.85. The SMILES string of the molecule is CC(C)(C)OC(=O)N(C(=O)OC(C)(C)C)C1=NC=CC2C=C(N)C=CC12. The van der Waals surface area contributed by atoms with Crippen LogP contribution in [0.5, 0.6) is 0 Å². The van der Waals surface area contributed by atoms with Gasteiger partial charge in [-0.3, -0.25) is 0 Å². The topological polar surface area (TPSA) is 94.2 Å². The van der Waals surface area contributed by atoms with Crippen molar-refractivity contribution >= 4 is 18.0 Å². The van der Waals surface area contributed by atoms with Crippen LogP contribution in [0.15, 0.2) is 41.2 Å². The van der Waals surface area contributed by atoms with E-state index in [1.807, 2.05) is 18.2 Å². The number of hydrogen-bond acceptors (Lipinski definition) is 6. The Morgan fingerprint density at radius 1 is 1.04 bits per heavy atom. The fourth-order valence-corrected chi connectivity index (χ4v) is 2.55. The van der Waals surface area contributed by atoms with E-state index in [4.69, 9.17) is 15.2 Å². The fraction of sp³-hybridized carbons (Fsp3) is 0.526. The smallest absolute Gasteiger partial charge is 0.425 e. The Balaban J connectivity index is 2.38. The van der Waals surface area contributed by atoms with E-state index in [-0.39, 0.29) is 17.7 Å². The highest BCUT2D eigenvalue weighted by Gasteiger charge is 2.40. The summed E-state index contributed by atoms with van der Waals surface area (Å²) in [7, 11) is 0. The molecule has 2 aliphatic rings. The number of allylic oxidation sites excluding steroid dienone is 3. The maximum atomic E-state index is 12.8. The van der Waals surface area contributed by atoms with E-state index < -0.39 is 23.4 Å². The van der Waals surface area contributed by atoms with Crippen LogP contribution in [0.3, 0.4) is 0 Å². The van der Waals surface area contributed by atoms with Crippen LogP contribution in [0.1, 0.15) is 41.5 Å². The van der Waals surface area contributed by atoms with E-state index in [0.29, 0.717) is 5.70 Å². The lowest BCUT2D eigenvalue weighted by molar-refractivity contribution is 0.0139. The largest absolute Gasteiger partial charge is 0.443 e. The van der Waals surface area contributed by atoms with Crippen molar-refractivity contribution < 1.29 is 19.1 Å². The van der Waals surface area contributed by atoms with Gasteiger partial charge >= 0.3 is 12.2 Å². The Morgan fingerprint density at radius 2 is 1.58 bits per heavy atom. The predicted molar refractivity (Wildman–Crippen MR) is 99.3 cm³/mol. The molecule has 0 aromatic rings. The lowest BCUT2D eigenvalue weighted by Crippen LogP contribution is -2.50. The molecule has 0 radical (unpaired) electrons. The zero-order chi connectivity index (χ0) is 19.7. The van der Waals surface area contributed by atoms with Crippen molar-refractivity contribution in [3.63, 3.8) is 0 Å². The number of amidine groups is 1. The molecule has 0 bridgehead atoms. The van der Waals surface area contributed by atoms with Gasteiger partial charge in [-0.25, -0.2) is 14.6 Å². The van der Waals surface area contributed by atoms with Gasteiger partial charge < -0.3 is 15.2 Å². The van der Waals surface area contributed by atoms with Gasteiger partial charge in [0.1, 0.15) is 17.0 Å². The van der Waals surface area contributed by atoms with Gasteiger partial charge in [0.25, 0.3) is 0 Å². The molecule has 2 unspecified atom stereocenters. The van der Waals surface area contributed by atoms with Crippen molar-refractivity contribution in [1.82, 2.24) is 4.90 Å². The summed E-state index contributed by atoms with van der Waals surface area (Å²) in [6.45, 7) is 10.4. The summed E-state index contributed by atoms with van der Waals surface area (Å²) in [5.74, 6) is -0.159. The molecule has 0 saturated carbocycles. The summed E-state index contributed by atoms with van der Waals surface area (Å²) in [5, 5.41) is 0. The molecule has 2 atom stereocenters. The highest BCUT2D eigenvalue weighted by molar-refractivity contribution is 6.10. The predicted octanol–water partition coefficient (Wildman–Crippen LogP) is 3.73. The fourth-order valence-electron chi connectivity index (χ4n) is 2.55. The summed E-state index contributed by atoms with van der Waals surface area (Å²) in [4.78, 5) is 30.7. The van der Waals surface area contributed by atoms with Crippen LogP contribution in [0, 0.1) is 11.8 Å². The molecule has 7 heteroatoms. The van der Waals surface area contributed by atoms with Crippen molar-refractivity contribution in [2.45, 2.75) is 52.7 Å². The summed E-state index contributed by atoms with van der Waals surface area (Å²) in [5.41, 5.74) is 4.94. The van der Waals surface area contributed by atoms with E-state index in [0.717, 1.165) is 4.90 Å². The van der Waals surface area contributed by atoms with E-state index in [9.17, 15) is 9.59 Å². The Kier molecular flexibility index (Phi) is 5.30. The summed E-state index contributed by atoms with van der Waals surface area (Å²) < 4.78 is 10.8. The van der Waals surface area contributed by atoms with Crippen molar-refractivity contribution in [3.05, 3.63) is 36.2 Å². The van der Waals surface area contributed by atoms with Crippen LogP contribution in [0.2, 0.25) is 0 Å². The highest BCUT2D eigenvalue weighted by Crippen LogP contribution is 2.30. The van der Waals surface area contributed by atoms with E-state index in [2.05, 4.69) is 4.99 Å². The highest BCUT2D eigenvalue weighted by atomic mass is 16.6. The molecule has 0 aromatic carbocycles. The number of rotatable bonds is 0. The lowest BCUT2D eigenvalue weighted by Gasteiger charge is -2.34. The number of carbonyl (C=O) groups excluding carboxylic acids is 2. The van der Waals surface area contributed by atoms with Crippen LogP contribution in [0.25, 0.3) is 0 Å². The van der Waals surface area contributed by atoms with Gasteiger partial charge in [0.2, 0.25) is 0 Å². The second-order valence-corrected chi connectivity index (χ2v) is 8.25. The number of hydrogen-bond donors (Lipinski definition) is 1. The monoisotopic (exact) mass is 361 g/mol. The Hall–Kier alpha value is -2.57. The molecule has 2 rings (SSSR count). The van der Waals surface area contributed by atoms with Crippen molar-refractivity contribution in [1.29, 1.82) is 0 Å². The van der Waals surface area contributed by atoms with Gasteiger partial charge in [-0.1, -0.05) is 18.2 Å². The Labute approximate surface area is 154 Å². The number of nitrogens with two attached hydrogens (primary N) is 1. The molecule has 0 spiro atoms. The third-order valence-corrected chi connectivity index (χ3v) is 3.49. The summed E-state index contributed by atoms with van der Waals surface area (Å²) in [6.07, 6.45) is 7.19. The van der Waals surface area contributed by atoms with Crippen LogP contribution >= 0.6 is 0 Å². The number of ether oxygens (including phenoxy) is 2. The van der Waals surface area contributed by atoms with Crippen molar-refractivity contribution in [2.24, 2.45) is 22.6 Å². The molecular formula is C19H27N3O4. The maximum absolute atomic E-state index is 12.8. The van der Waals surface area contributed by atoms with Gasteiger partial charge in [0.15, 0.2) is 0 Å². The average molecular weight is 361 g/mol. The molecule has 1 aliphatic carbocycles. The number of amides is 2. The standard InChI is InChI=1S/C19H27N3O4/c1-18(2,3)25-16(23)22(17(24)26-19(4,5)6)15-14-8-7-13(20)11-12(14)9-10-21-15/h7-12,14H,20H2,1-6H3. The molecule has 26 heavy (non-hydrogen) atoms. The summed E-state index contributed by atoms with van der Waals surface area (Å²) >= 11 is 0. The zero-order valence-corrected chi connectivity index (χ0v) is 16.1. The minimum Gasteiger partial charge on any atom is -0.443 e. The van der Waals surface area contributed by atoms with Crippen LogP contribution in [-0.4, -0.2) is 34.1 Å². The number of carbonyl (C=O) groups is 2. The van der Waals surface area contributed by atoms with Crippen molar-refractivity contribution in [3.8, 4) is 0 Å². The molecule has 0 saturated heterocycles. The quantitative estimate of drug-likeness (QED) is 0.709. The number of nitrogens with zero attached hydrogens (tertiary/aromatic N) is 2. The van der Waals surface area contributed by atoms with E-state index in [1.54, 1.807) is 53.8 Å². The number of aliphatic imine (C=N–C) groups is 1. The van der Waals surface area contributed by atoms with E-state index >= 15 is 0 Å². The first-order chi connectivity index (χ1) is 11.9. The first-order valence-electron chi connectivity index (χ1n) is 8.53. The molecular weight excluding hydrogens is 334 g/mol. The Morgan fingerprint density at radius 3 is 2.08 bits per heavy atom. The number of imide groups is 1. The van der Waals surface area contributed by atoms with Gasteiger partial charge in [0.05, 0.1) is 0 Å². The number of fused-ring (bicyclic) bond motifs is 1. The minimum absolute atomic E-state index is 0.0973. The molecule has 0 fully saturated rings. The normalized spacial score (nSPS) is 22.1. The molecule has 2 N–H and O–H groups in total. The van der Waals surface area contributed by atoms with Crippen molar-refractivity contribution in [2.75, 3.05) is 0 Å². The molecule has 1 heterocycles. The third kappa shape index (κ3) is 4.97. The minimum atomic E-state index is -0.824. The molecule has 2 amide bonds. The first kappa shape index (κ1) is 19.8. The molecule has 7 nitrogen and oxygen atoms in total. The molecule has 142 valence electrons. The third-order valence-electron chi connectivity index (χ3n) is 3.49. The molecule has 1 aliphatic heterocycles. The Bertz CT molecular complexity index is 677. The van der Waals surface area contributed by atoms with Crippen LogP contribution in [-0.2, 0) is 9.47 Å². The van der Waals surface area contributed by atoms with E-state index in [1.165, 1.54) is 0 Å². The zero-order valence-electron chi connectivity index (χ0n) is 16.1. The summed E-state index contributed by atoms with van der Waals surface area (Å²) in [6, 6.07) is 0. The maximum Gasteiger partial charge on any atom is 0.425 e.